The third kappa shape index (κ3) is 2.38. The highest BCUT2D eigenvalue weighted by molar-refractivity contribution is 5.79. The van der Waals surface area contributed by atoms with E-state index in [0.29, 0.717) is 5.65 Å². The van der Waals surface area contributed by atoms with E-state index in [4.69, 9.17) is 4.52 Å². The van der Waals surface area contributed by atoms with Crippen molar-refractivity contribution in [3.05, 3.63) is 53.3 Å². The number of fused-ring (bicyclic) bond motifs is 1. The van der Waals surface area contributed by atoms with Crippen molar-refractivity contribution in [2.45, 2.75) is 20.8 Å². The molecular weight excluding hydrogens is 266 g/mol. The number of rotatable bonds is 1. The molecular formula is C16H15N3O2. The monoisotopic (exact) mass is 281 g/mol. The summed E-state index contributed by atoms with van der Waals surface area (Å²) < 4.78 is 7.33. The van der Waals surface area contributed by atoms with Gasteiger partial charge in [-0.05, 0) is 25.5 Å². The normalized spacial score (nSPS) is 12.0. The highest BCUT2D eigenvalue weighted by Gasteiger charge is 2.15. The summed E-state index contributed by atoms with van der Waals surface area (Å²) in [5, 5.41) is 0. The lowest BCUT2D eigenvalue weighted by molar-refractivity contribution is -0.116. The fraction of sp³-hybridized carbons (Fsp3) is 0.188. The van der Waals surface area contributed by atoms with Gasteiger partial charge >= 0.3 is 0 Å². The molecule has 0 saturated carbocycles. The van der Waals surface area contributed by atoms with Crippen LogP contribution in [0.15, 0.2) is 45.9 Å². The molecule has 2 aromatic heterocycles. The van der Waals surface area contributed by atoms with Crippen LogP contribution in [-0.2, 0) is 4.79 Å². The number of nitrogens with zero attached hydrogens (tertiary/aromatic N) is 3. The van der Waals surface area contributed by atoms with Gasteiger partial charge in [0.25, 0.3) is 5.55 Å². The smallest absolute Gasteiger partial charge is 0.261 e. The molecule has 3 aromatic rings. The van der Waals surface area contributed by atoms with Gasteiger partial charge in [0, 0.05) is 12.6 Å². The first-order chi connectivity index (χ1) is 10.1. The second kappa shape index (κ2) is 5.01. The first kappa shape index (κ1) is 13.3. The molecule has 0 fully saturated rings. The Bertz CT molecular complexity index is 889. The maximum Gasteiger partial charge on any atom is 0.261 e. The summed E-state index contributed by atoms with van der Waals surface area (Å²) in [6.45, 7) is 5.26. The predicted octanol–water partition coefficient (Wildman–Crippen LogP) is 2.66. The molecule has 5 heteroatoms. The number of benzene rings is 1. The number of carbonyl (C=O) groups is 1. The summed E-state index contributed by atoms with van der Waals surface area (Å²) in [5.41, 5.74) is 4.40. The van der Waals surface area contributed by atoms with Crippen LogP contribution in [-0.4, -0.2) is 15.5 Å². The molecule has 0 spiro atoms. The number of hydrogen-bond acceptors (Lipinski definition) is 3. The summed E-state index contributed by atoms with van der Waals surface area (Å²) >= 11 is 0. The second-order valence-corrected chi connectivity index (χ2v) is 4.93. The molecule has 0 atom stereocenters. The highest BCUT2D eigenvalue weighted by atomic mass is 16.5. The molecule has 3 rings (SSSR count). The maximum absolute atomic E-state index is 11.4. The number of carbonyl (C=O) groups excluding carboxylic acids is 1. The molecule has 5 nitrogen and oxygen atoms in total. The topological polar surface area (TPSA) is 59.9 Å². The average Bonchev–Trinajstić information content (AvgIpc) is 2.77. The van der Waals surface area contributed by atoms with Gasteiger partial charge in [0.15, 0.2) is 5.65 Å². The fourth-order valence-electron chi connectivity index (χ4n) is 2.35. The van der Waals surface area contributed by atoms with E-state index >= 15 is 0 Å². The van der Waals surface area contributed by atoms with Gasteiger partial charge in [-0.3, -0.25) is 4.79 Å². The van der Waals surface area contributed by atoms with E-state index in [0.717, 1.165) is 22.5 Å². The van der Waals surface area contributed by atoms with Crippen LogP contribution in [0.25, 0.3) is 16.8 Å². The predicted molar refractivity (Wildman–Crippen MR) is 78.6 cm³/mol. The minimum Gasteiger partial charge on any atom is -0.352 e. The minimum absolute atomic E-state index is 0.287. The first-order valence-corrected chi connectivity index (χ1v) is 6.67. The summed E-state index contributed by atoms with van der Waals surface area (Å²) in [4.78, 5) is 19.9. The van der Waals surface area contributed by atoms with Gasteiger partial charge in [-0.25, -0.2) is 4.98 Å². The Kier molecular flexibility index (Phi) is 3.17. The number of amides is 1. The molecule has 21 heavy (non-hydrogen) atoms. The van der Waals surface area contributed by atoms with Crippen molar-refractivity contribution in [1.82, 2.24) is 9.56 Å². The zero-order valence-corrected chi connectivity index (χ0v) is 12.1. The van der Waals surface area contributed by atoms with Gasteiger partial charge in [-0.15, -0.1) is 0 Å². The third-order valence-electron chi connectivity index (χ3n) is 3.15. The molecule has 2 heterocycles. The van der Waals surface area contributed by atoms with Crippen LogP contribution < -0.4 is 5.55 Å². The van der Waals surface area contributed by atoms with Gasteiger partial charge in [0.2, 0.25) is 5.91 Å². The molecule has 0 saturated heterocycles. The molecule has 0 aliphatic heterocycles. The Hall–Kier alpha value is -2.69. The van der Waals surface area contributed by atoms with Gasteiger partial charge in [0.1, 0.15) is 0 Å². The molecule has 0 N–H and O–H groups in total. The van der Waals surface area contributed by atoms with E-state index in [-0.39, 0.29) is 11.5 Å². The van der Waals surface area contributed by atoms with E-state index in [2.05, 4.69) is 9.98 Å². The average molecular weight is 281 g/mol. The van der Waals surface area contributed by atoms with Crippen molar-refractivity contribution in [2.24, 2.45) is 4.99 Å². The third-order valence-corrected chi connectivity index (χ3v) is 3.15. The largest absolute Gasteiger partial charge is 0.352 e. The van der Waals surface area contributed by atoms with E-state index in [9.17, 15) is 4.79 Å². The van der Waals surface area contributed by atoms with Crippen LogP contribution in [0, 0.1) is 13.8 Å². The zero-order valence-electron chi connectivity index (χ0n) is 12.1. The number of aromatic nitrogens is 2. The van der Waals surface area contributed by atoms with Gasteiger partial charge < -0.3 is 4.52 Å². The molecule has 0 aliphatic rings. The quantitative estimate of drug-likeness (QED) is 0.689. The van der Waals surface area contributed by atoms with Gasteiger partial charge in [-0.1, -0.05) is 30.3 Å². The Morgan fingerprint density at radius 3 is 2.62 bits per heavy atom. The summed E-state index contributed by atoms with van der Waals surface area (Å²) in [7, 11) is 0. The van der Waals surface area contributed by atoms with Crippen LogP contribution in [0.4, 0.5) is 0 Å². The Morgan fingerprint density at radius 1 is 1.24 bits per heavy atom. The lowest BCUT2D eigenvalue weighted by Crippen LogP contribution is -2.04. The molecule has 1 aromatic carbocycles. The lowest BCUT2D eigenvalue weighted by atomic mass is 10.1. The maximum atomic E-state index is 11.4. The minimum atomic E-state index is -0.304. The van der Waals surface area contributed by atoms with Crippen molar-refractivity contribution in [1.29, 1.82) is 0 Å². The molecule has 0 radical (unpaired) electrons. The van der Waals surface area contributed by atoms with E-state index < -0.39 is 0 Å². The fourth-order valence-corrected chi connectivity index (χ4v) is 2.35. The lowest BCUT2D eigenvalue weighted by Gasteiger charge is -2.01. The van der Waals surface area contributed by atoms with Crippen LogP contribution in [0.1, 0.15) is 18.3 Å². The van der Waals surface area contributed by atoms with Crippen molar-refractivity contribution in [3.63, 3.8) is 0 Å². The molecule has 0 bridgehead atoms. The van der Waals surface area contributed by atoms with Crippen molar-refractivity contribution >= 4 is 11.6 Å². The van der Waals surface area contributed by atoms with Crippen molar-refractivity contribution in [3.8, 4) is 11.1 Å². The summed E-state index contributed by atoms with van der Waals surface area (Å²) in [6.07, 6.45) is 0. The van der Waals surface area contributed by atoms with Crippen LogP contribution >= 0.6 is 0 Å². The Labute approximate surface area is 121 Å². The van der Waals surface area contributed by atoms with E-state index in [1.54, 1.807) is 4.57 Å². The molecule has 1 amide bonds. The van der Waals surface area contributed by atoms with E-state index in [1.165, 1.54) is 6.92 Å². The van der Waals surface area contributed by atoms with Crippen molar-refractivity contribution in [2.75, 3.05) is 0 Å². The van der Waals surface area contributed by atoms with Crippen molar-refractivity contribution < 1.29 is 9.32 Å². The Balaban J connectivity index is 2.47. The van der Waals surface area contributed by atoms with Crippen LogP contribution in [0.2, 0.25) is 0 Å². The summed E-state index contributed by atoms with van der Waals surface area (Å²) in [5.74, 6) is -0.304. The number of hydrogen-bond donors (Lipinski definition) is 0. The standard InChI is InChI=1S/C16H15N3O2/c1-10-9-11(2)19-15(17-10)14(13-7-5-4-6-8-13)16(21-19)18-12(3)20/h4-9H,1-3H3. The molecule has 106 valence electrons. The van der Waals surface area contributed by atoms with Gasteiger partial charge in [-0.2, -0.15) is 9.57 Å². The van der Waals surface area contributed by atoms with Crippen LogP contribution in [0.5, 0.6) is 0 Å². The SMILES string of the molecule is CC(=O)N=c1on2c(C)cc(C)nc2c1-c1ccccc1. The number of aryl methyl sites for hydroxylation is 2. The van der Waals surface area contributed by atoms with E-state index in [1.807, 2.05) is 50.2 Å². The Morgan fingerprint density at radius 2 is 1.95 bits per heavy atom. The molecule has 0 unspecified atom stereocenters. The molecule has 0 aliphatic carbocycles. The second-order valence-electron chi connectivity index (χ2n) is 4.93. The first-order valence-electron chi connectivity index (χ1n) is 6.67. The van der Waals surface area contributed by atoms with Gasteiger partial charge in [0.05, 0.1) is 11.3 Å². The highest BCUT2D eigenvalue weighted by Crippen LogP contribution is 2.21. The van der Waals surface area contributed by atoms with Crippen LogP contribution in [0.3, 0.4) is 0 Å². The zero-order chi connectivity index (χ0) is 15.0. The summed E-state index contributed by atoms with van der Waals surface area (Å²) in [6, 6.07) is 11.6.